The molecule has 5 heteroatoms. The highest BCUT2D eigenvalue weighted by Gasteiger charge is 2.28. The van der Waals surface area contributed by atoms with E-state index in [4.69, 9.17) is 0 Å². The van der Waals surface area contributed by atoms with Crippen molar-refractivity contribution >= 4 is 27.8 Å². The summed E-state index contributed by atoms with van der Waals surface area (Å²) in [5.41, 5.74) is 3.31. The topological polar surface area (TPSA) is 61.9 Å². The summed E-state index contributed by atoms with van der Waals surface area (Å²) in [6.07, 6.45) is 13.5. The van der Waals surface area contributed by atoms with Gasteiger partial charge in [0.2, 0.25) is 5.91 Å². The van der Waals surface area contributed by atoms with Gasteiger partial charge in [-0.05, 0) is 74.0 Å². The van der Waals surface area contributed by atoms with E-state index in [9.17, 15) is 4.79 Å². The third-order valence-corrected chi connectivity index (χ3v) is 7.08. The maximum absolute atomic E-state index is 12.8. The van der Waals surface area contributed by atoms with Gasteiger partial charge >= 0.3 is 0 Å². The van der Waals surface area contributed by atoms with Crippen molar-refractivity contribution in [2.45, 2.75) is 57.8 Å². The molecule has 0 radical (unpaired) electrons. The van der Waals surface area contributed by atoms with Crippen molar-refractivity contribution in [2.24, 2.45) is 11.8 Å². The molecule has 5 nitrogen and oxygen atoms in total. The minimum atomic E-state index is 0.384. The fraction of sp³-hybridized carbons (Fsp3) is 0.542. The van der Waals surface area contributed by atoms with Crippen LogP contribution in [0.25, 0.3) is 21.9 Å². The molecule has 1 atom stereocenters. The second-order valence-electron chi connectivity index (χ2n) is 9.17. The number of fused-ring (bicyclic) bond motifs is 3. The summed E-state index contributed by atoms with van der Waals surface area (Å²) in [6, 6.07) is 4.31. The largest absolute Gasteiger partial charge is 0.346 e. The maximum Gasteiger partial charge on any atom is 0.222 e. The number of H-pyrrole nitrogens is 1. The van der Waals surface area contributed by atoms with Gasteiger partial charge in [-0.25, -0.2) is 4.98 Å². The number of aromatic nitrogens is 3. The molecule has 1 saturated carbocycles. The molecule has 1 aliphatic carbocycles. The van der Waals surface area contributed by atoms with Crippen molar-refractivity contribution in [1.29, 1.82) is 0 Å². The van der Waals surface area contributed by atoms with E-state index in [1.807, 2.05) is 18.6 Å². The van der Waals surface area contributed by atoms with E-state index >= 15 is 0 Å². The molecule has 29 heavy (non-hydrogen) atoms. The molecule has 1 aliphatic heterocycles. The molecule has 3 aromatic rings. The molecular weight excluding hydrogens is 360 g/mol. The van der Waals surface area contributed by atoms with Crippen LogP contribution in [0, 0.1) is 11.8 Å². The zero-order valence-electron chi connectivity index (χ0n) is 17.2. The van der Waals surface area contributed by atoms with Gasteiger partial charge in [0.05, 0.1) is 11.7 Å². The van der Waals surface area contributed by atoms with Crippen molar-refractivity contribution in [1.82, 2.24) is 19.9 Å². The number of nitrogens with one attached hydrogen (secondary N) is 1. The van der Waals surface area contributed by atoms with Crippen LogP contribution in [0.3, 0.4) is 0 Å². The number of rotatable bonds is 3. The number of hydrogen-bond acceptors (Lipinski definition) is 3. The normalized spacial score (nSPS) is 25.6. The van der Waals surface area contributed by atoms with Crippen LogP contribution >= 0.6 is 0 Å². The average Bonchev–Trinajstić information content (AvgIpc) is 3.23. The Bertz CT molecular complexity index is 1020. The van der Waals surface area contributed by atoms with Gasteiger partial charge in [-0.3, -0.25) is 9.78 Å². The molecular formula is C24H30N4O. The Kier molecular flexibility index (Phi) is 4.98. The Morgan fingerprint density at radius 2 is 2.03 bits per heavy atom. The third-order valence-electron chi connectivity index (χ3n) is 7.08. The first-order valence-corrected chi connectivity index (χ1v) is 11.2. The first-order valence-electron chi connectivity index (χ1n) is 11.2. The van der Waals surface area contributed by atoms with Gasteiger partial charge in [0.25, 0.3) is 0 Å². The SMILES string of the molecule is CC1CCCN(C(=O)CC2CCC(c3ccnc4cnc5[nH]ccc5c34)CC2)C1. The van der Waals surface area contributed by atoms with E-state index in [0.29, 0.717) is 23.7 Å². The van der Waals surface area contributed by atoms with Crippen LogP contribution in [0.4, 0.5) is 0 Å². The number of aromatic amines is 1. The van der Waals surface area contributed by atoms with E-state index in [1.165, 1.54) is 22.8 Å². The van der Waals surface area contributed by atoms with Gasteiger partial charge in [-0.2, -0.15) is 0 Å². The first-order chi connectivity index (χ1) is 14.2. The summed E-state index contributed by atoms with van der Waals surface area (Å²) < 4.78 is 0. The average molecular weight is 391 g/mol. The number of hydrogen-bond donors (Lipinski definition) is 1. The van der Waals surface area contributed by atoms with Gasteiger partial charge < -0.3 is 9.88 Å². The molecule has 1 saturated heterocycles. The second-order valence-corrected chi connectivity index (χ2v) is 9.17. The lowest BCUT2D eigenvalue weighted by Crippen LogP contribution is -2.40. The molecule has 152 valence electrons. The summed E-state index contributed by atoms with van der Waals surface area (Å²) in [7, 11) is 0. The number of carbonyl (C=O) groups excluding carboxylic acids is 1. The highest BCUT2D eigenvalue weighted by atomic mass is 16.2. The molecule has 0 bridgehead atoms. The molecule has 2 fully saturated rings. The predicted octanol–water partition coefficient (Wildman–Crippen LogP) is 5.03. The fourth-order valence-corrected chi connectivity index (χ4v) is 5.49. The van der Waals surface area contributed by atoms with Gasteiger partial charge in [0.15, 0.2) is 0 Å². The van der Waals surface area contributed by atoms with Crippen molar-refractivity contribution < 1.29 is 4.79 Å². The molecule has 0 aromatic carbocycles. The van der Waals surface area contributed by atoms with E-state index in [1.54, 1.807) is 0 Å². The number of nitrogens with zero attached hydrogens (tertiary/aromatic N) is 3. The number of piperidine rings is 1. The smallest absolute Gasteiger partial charge is 0.222 e. The minimum Gasteiger partial charge on any atom is -0.346 e. The standard InChI is InChI=1S/C24H30N4O/c1-16-3-2-12-28(15-16)22(29)13-17-4-6-18(7-5-17)19-8-10-25-21-14-27-24-20(23(19)21)9-11-26-24/h8-11,14,16-18H,2-7,12-13,15H2,1H3,(H,26,27). The lowest BCUT2D eigenvalue weighted by molar-refractivity contribution is -0.134. The van der Waals surface area contributed by atoms with E-state index in [-0.39, 0.29) is 0 Å². The molecule has 4 heterocycles. The Morgan fingerprint density at radius 1 is 1.17 bits per heavy atom. The fourth-order valence-electron chi connectivity index (χ4n) is 5.49. The maximum atomic E-state index is 12.8. The monoisotopic (exact) mass is 390 g/mol. The van der Waals surface area contributed by atoms with Gasteiger partial charge in [0.1, 0.15) is 5.65 Å². The Hall–Kier alpha value is -2.43. The zero-order valence-corrected chi connectivity index (χ0v) is 17.2. The van der Waals surface area contributed by atoms with Crippen molar-refractivity contribution in [3.8, 4) is 0 Å². The molecule has 1 N–H and O–H groups in total. The molecule has 1 amide bonds. The third kappa shape index (κ3) is 3.63. The predicted molar refractivity (Wildman–Crippen MR) is 116 cm³/mol. The molecule has 0 spiro atoms. The molecule has 5 rings (SSSR count). The van der Waals surface area contributed by atoms with Crippen LogP contribution in [0.2, 0.25) is 0 Å². The summed E-state index contributed by atoms with van der Waals surface area (Å²) >= 11 is 0. The number of carbonyl (C=O) groups is 1. The summed E-state index contributed by atoms with van der Waals surface area (Å²) in [5.74, 6) is 2.12. The van der Waals surface area contributed by atoms with Crippen molar-refractivity contribution in [3.63, 3.8) is 0 Å². The van der Waals surface area contributed by atoms with Gasteiger partial charge in [0, 0.05) is 42.7 Å². The quantitative estimate of drug-likeness (QED) is 0.682. The number of likely N-dealkylation sites (tertiary alicyclic amines) is 1. The lowest BCUT2D eigenvalue weighted by Gasteiger charge is -2.34. The van der Waals surface area contributed by atoms with Crippen LogP contribution in [0.1, 0.15) is 63.4 Å². The molecule has 2 aliphatic rings. The van der Waals surface area contributed by atoms with Gasteiger partial charge in [-0.15, -0.1) is 0 Å². The summed E-state index contributed by atoms with van der Waals surface area (Å²) in [5, 5.41) is 2.42. The Labute approximate surface area is 171 Å². The van der Waals surface area contributed by atoms with Crippen molar-refractivity contribution in [2.75, 3.05) is 13.1 Å². The minimum absolute atomic E-state index is 0.384. The van der Waals surface area contributed by atoms with E-state index in [2.05, 4.69) is 38.9 Å². The summed E-state index contributed by atoms with van der Waals surface area (Å²) in [6.45, 7) is 4.18. The zero-order chi connectivity index (χ0) is 19.8. The number of pyridine rings is 2. The van der Waals surface area contributed by atoms with Crippen LogP contribution in [-0.4, -0.2) is 38.8 Å². The Balaban J connectivity index is 1.29. The highest BCUT2D eigenvalue weighted by Crippen LogP contribution is 2.40. The molecule has 3 aromatic heterocycles. The van der Waals surface area contributed by atoms with Crippen LogP contribution in [0.15, 0.2) is 30.7 Å². The highest BCUT2D eigenvalue weighted by molar-refractivity contribution is 6.05. The second kappa shape index (κ2) is 7.77. The molecule has 1 unspecified atom stereocenters. The van der Waals surface area contributed by atoms with E-state index in [0.717, 1.165) is 62.8 Å². The summed E-state index contributed by atoms with van der Waals surface area (Å²) in [4.78, 5) is 27.1. The first kappa shape index (κ1) is 18.6. The van der Waals surface area contributed by atoms with Crippen molar-refractivity contribution in [3.05, 3.63) is 36.3 Å². The van der Waals surface area contributed by atoms with Crippen LogP contribution in [-0.2, 0) is 4.79 Å². The lowest BCUT2D eigenvalue weighted by atomic mass is 9.76. The van der Waals surface area contributed by atoms with Crippen LogP contribution in [0.5, 0.6) is 0 Å². The Morgan fingerprint density at radius 3 is 2.86 bits per heavy atom. The van der Waals surface area contributed by atoms with E-state index < -0.39 is 0 Å². The number of amides is 1. The van der Waals surface area contributed by atoms with Gasteiger partial charge in [-0.1, -0.05) is 6.92 Å². The van der Waals surface area contributed by atoms with Crippen LogP contribution < -0.4 is 0 Å².